The Hall–Kier alpha value is -1.84. The molecule has 0 spiro atoms. The van der Waals surface area contributed by atoms with E-state index < -0.39 is 15.9 Å². The van der Waals surface area contributed by atoms with Crippen molar-refractivity contribution in [2.24, 2.45) is 7.05 Å². The number of carbonyl (C=O) groups is 1. The molecule has 0 bridgehead atoms. The number of nitrogens with zero attached hydrogens (tertiary/aromatic N) is 2. The number of hydrogen-bond donors (Lipinski definition) is 2. The van der Waals surface area contributed by atoms with E-state index in [0.717, 1.165) is 0 Å². The van der Waals surface area contributed by atoms with Gasteiger partial charge in [0.1, 0.15) is 0 Å². The van der Waals surface area contributed by atoms with E-state index >= 15 is 0 Å². The minimum Gasteiger partial charge on any atom is -0.391 e. The maximum absolute atomic E-state index is 12.3. The molecule has 2 aromatic rings. The lowest BCUT2D eigenvalue weighted by atomic mass is 10.3. The summed E-state index contributed by atoms with van der Waals surface area (Å²) in [6.45, 7) is 1.38. The molecule has 0 aliphatic carbocycles. The molecule has 24 heavy (non-hydrogen) atoms. The number of thioether (sulfide) groups is 1. The van der Waals surface area contributed by atoms with E-state index in [9.17, 15) is 18.3 Å². The molecule has 0 aliphatic heterocycles. The summed E-state index contributed by atoms with van der Waals surface area (Å²) in [5.41, 5.74) is 0.521. The maximum Gasteiger partial charge on any atom is 0.221 e. The summed E-state index contributed by atoms with van der Waals surface area (Å²) in [4.78, 5) is 15.2. The van der Waals surface area contributed by atoms with Crippen LogP contribution in [0.25, 0.3) is 0 Å². The lowest BCUT2D eigenvalue weighted by Gasteiger charge is -2.11. The highest BCUT2D eigenvalue weighted by molar-refractivity contribution is 7.99. The first kappa shape index (κ1) is 18.5. The third-order valence-electron chi connectivity index (χ3n) is 3.13. The van der Waals surface area contributed by atoms with Crippen molar-refractivity contribution in [1.82, 2.24) is 9.55 Å². The largest absolute Gasteiger partial charge is 0.391 e. The minimum atomic E-state index is -3.61. The number of benzene rings is 1. The van der Waals surface area contributed by atoms with E-state index in [2.05, 4.69) is 10.3 Å². The number of aliphatic hydroxyl groups is 1. The van der Waals surface area contributed by atoms with E-state index in [1.54, 1.807) is 17.0 Å². The predicted molar refractivity (Wildman–Crippen MR) is 92.7 cm³/mol. The monoisotopic (exact) mass is 369 g/mol. The molecule has 1 amide bonds. The number of anilines is 1. The van der Waals surface area contributed by atoms with Crippen molar-refractivity contribution in [2.75, 3.05) is 16.8 Å². The van der Waals surface area contributed by atoms with Crippen molar-refractivity contribution in [3.8, 4) is 0 Å². The highest BCUT2D eigenvalue weighted by atomic mass is 32.2. The van der Waals surface area contributed by atoms with Gasteiger partial charge in [-0.05, 0) is 24.3 Å². The van der Waals surface area contributed by atoms with Gasteiger partial charge in [0.2, 0.25) is 5.91 Å². The molecule has 1 aromatic heterocycles. The van der Waals surface area contributed by atoms with Gasteiger partial charge >= 0.3 is 0 Å². The Morgan fingerprint density at radius 1 is 1.38 bits per heavy atom. The molecule has 2 N–H and O–H groups in total. The van der Waals surface area contributed by atoms with Crippen LogP contribution in [0.4, 0.5) is 5.69 Å². The Morgan fingerprint density at radius 2 is 2.04 bits per heavy atom. The standard InChI is InChI=1S/C15H19N3O4S2/c1-11(19)17-12-3-5-14(6-4-12)24(21,22)10-13(20)9-23-15-16-7-8-18(15)2/h3-8,13,20H,9-10H2,1-2H3,(H,17,19). The number of aromatic nitrogens is 2. The summed E-state index contributed by atoms with van der Waals surface area (Å²) in [6, 6.07) is 5.87. The van der Waals surface area contributed by atoms with Gasteiger partial charge in [-0.1, -0.05) is 11.8 Å². The van der Waals surface area contributed by atoms with Crippen LogP contribution in [0.1, 0.15) is 6.92 Å². The summed E-state index contributed by atoms with van der Waals surface area (Å²) in [6.07, 6.45) is 2.41. The number of nitrogens with one attached hydrogen (secondary N) is 1. The predicted octanol–water partition coefficient (Wildman–Crippen LogP) is 1.31. The van der Waals surface area contributed by atoms with Crippen LogP contribution in [0.3, 0.4) is 0 Å². The van der Waals surface area contributed by atoms with Crippen molar-refractivity contribution in [3.63, 3.8) is 0 Å². The van der Waals surface area contributed by atoms with Crippen molar-refractivity contribution >= 4 is 33.2 Å². The van der Waals surface area contributed by atoms with Gasteiger partial charge in [-0.15, -0.1) is 0 Å². The Bertz CT molecular complexity index is 800. The second kappa shape index (κ2) is 7.82. The van der Waals surface area contributed by atoms with Crippen LogP contribution >= 0.6 is 11.8 Å². The number of amides is 1. The molecule has 0 aliphatic rings. The maximum atomic E-state index is 12.3. The fourth-order valence-electron chi connectivity index (χ4n) is 2.01. The van der Waals surface area contributed by atoms with Gasteiger partial charge in [0, 0.05) is 37.8 Å². The lowest BCUT2D eigenvalue weighted by molar-refractivity contribution is -0.114. The van der Waals surface area contributed by atoms with Crippen molar-refractivity contribution in [2.45, 2.75) is 23.1 Å². The number of hydrogen-bond acceptors (Lipinski definition) is 6. The molecule has 9 heteroatoms. The van der Waals surface area contributed by atoms with Crippen molar-refractivity contribution < 1.29 is 18.3 Å². The van der Waals surface area contributed by atoms with E-state index in [-0.39, 0.29) is 22.3 Å². The van der Waals surface area contributed by atoms with Crippen LogP contribution in [0.2, 0.25) is 0 Å². The Morgan fingerprint density at radius 3 is 2.58 bits per heavy atom. The van der Waals surface area contributed by atoms with Crippen molar-refractivity contribution in [1.29, 1.82) is 0 Å². The third kappa shape index (κ3) is 5.08. The van der Waals surface area contributed by atoms with Gasteiger partial charge < -0.3 is 15.0 Å². The Labute approximate surface area is 145 Å². The lowest BCUT2D eigenvalue weighted by Crippen LogP contribution is -2.23. The number of aryl methyl sites for hydroxylation is 1. The summed E-state index contributed by atoms with van der Waals surface area (Å²) in [5, 5.41) is 13.3. The van der Waals surface area contributed by atoms with Crippen LogP contribution in [0.15, 0.2) is 46.7 Å². The normalized spacial score (nSPS) is 12.8. The molecule has 1 atom stereocenters. The average Bonchev–Trinajstić information content (AvgIpc) is 2.90. The SMILES string of the molecule is CC(=O)Nc1ccc(S(=O)(=O)CC(O)CSc2nccn2C)cc1. The zero-order chi connectivity index (χ0) is 17.7. The number of aliphatic hydroxyl groups excluding tert-OH is 1. The fourth-order valence-corrected chi connectivity index (χ4v) is 4.38. The topological polar surface area (TPSA) is 101 Å². The van der Waals surface area contributed by atoms with Gasteiger partial charge in [-0.25, -0.2) is 13.4 Å². The first-order chi connectivity index (χ1) is 11.3. The van der Waals surface area contributed by atoms with Gasteiger partial charge in [0.25, 0.3) is 0 Å². The third-order valence-corrected chi connectivity index (χ3v) is 6.14. The zero-order valence-electron chi connectivity index (χ0n) is 13.3. The molecular formula is C15H19N3O4S2. The van der Waals surface area contributed by atoms with E-state index in [1.165, 1.54) is 43.0 Å². The van der Waals surface area contributed by atoms with Crippen molar-refractivity contribution in [3.05, 3.63) is 36.7 Å². The molecule has 130 valence electrons. The zero-order valence-corrected chi connectivity index (χ0v) is 15.0. The first-order valence-corrected chi connectivity index (χ1v) is 9.80. The van der Waals surface area contributed by atoms with Gasteiger partial charge in [0.15, 0.2) is 15.0 Å². The molecule has 0 saturated heterocycles. The summed E-state index contributed by atoms with van der Waals surface area (Å²) in [7, 11) is -1.78. The molecule has 1 heterocycles. The summed E-state index contributed by atoms with van der Waals surface area (Å²) in [5.74, 6) is -0.370. The smallest absolute Gasteiger partial charge is 0.221 e. The Kier molecular flexibility index (Phi) is 6.03. The van der Waals surface area contributed by atoms with Crippen LogP contribution in [-0.2, 0) is 21.7 Å². The molecule has 0 radical (unpaired) electrons. The molecular weight excluding hydrogens is 350 g/mol. The molecule has 1 aromatic carbocycles. The van der Waals surface area contributed by atoms with Crippen LogP contribution in [0.5, 0.6) is 0 Å². The van der Waals surface area contributed by atoms with E-state index in [4.69, 9.17) is 0 Å². The molecule has 0 saturated carbocycles. The second-order valence-corrected chi connectivity index (χ2v) is 8.29. The van der Waals surface area contributed by atoms with Crippen LogP contribution < -0.4 is 5.32 Å². The van der Waals surface area contributed by atoms with Gasteiger partial charge in [-0.2, -0.15) is 0 Å². The summed E-state index contributed by atoms with van der Waals surface area (Å²) >= 11 is 1.30. The van der Waals surface area contributed by atoms with E-state index in [0.29, 0.717) is 10.8 Å². The van der Waals surface area contributed by atoms with Crippen LogP contribution in [0, 0.1) is 0 Å². The van der Waals surface area contributed by atoms with E-state index in [1.807, 2.05) is 7.05 Å². The molecule has 1 unspecified atom stereocenters. The molecule has 0 fully saturated rings. The molecule has 7 nitrogen and oxygen atoms in total. The highest BCUT2D eigenvalue weighted by Gasteiger charge is 2.20. The van der Waals surface area contributed by atoms with Gasteiger partial charge in [-0.3, -0.25) is 4.79 Å². The highest BCUT2D eigenvalue weighted by Crippen LogP contribution is 2.19. The molecule has 2 rings (SSSR count). The fraction of sp³-hybridized carbons (Fsp3) is 0.333. The van der Waals surface area contributed by atoms with Crippen LogP contribution in [-0.4, -0.2) is 46.6 Å². The number of carbonyl (C=O) groups excluding carboxylic acids is 1. The summed E-state index contributed by atoms with van der Waals surface area (Å²) < 4.78 is 26.5. The minimum absolute atomic E-state index is 0.109. The number of sulfone groups is 1. The quantitative estimate of drug-likeness (QED) is 0.714. The average molecular weight is 369 g/mol. The number of rotatable bonds is 7. The van der Waals surface area contributed by atoms with Gasteiger partial charge in [0.05, 0.1) is 16.8 Å². The first-order valence-electron chi connectivity index (χ1n) is 7.16. The Balaban J connectivity index is 1.96. The number of imidazole rings is 1. The second-order valence-electron chi connectivity index (χ2n) is 5.27.